The molecule has 1 aliphatic rings. The lowest BCUT2D eigenvalue weighted by Gasteiger charge is -2.43. The van der Waals surface area contributed by atoms with Gasteiger partial charge in [0.05, 0.1) is 5.60 Å². The van der Waals surface area contributed by atoms with Gasteiger partial charge in [-0.1, -0.05) is 32.3 Å². The van der Waals surface area contributed by atoms with Crippen LogP contribution in [-0.4, -0.2) is 25.3 Å². The standard InChI is InChI=1S/C15H25NOS/c1-3-16-14(12-13-8-7-11-18-13)15(17-2)9-5-4-6-10-15/h7-8,11,14,16H,3-6,9-10,12H2,1-2H3. The third kappa shape index (κ3) is 3.14. The average Bonchev–Trinajstić information content (AvgIpc) is 2.92. The molecule has 0 aromatic carbocycles. The topological polar surface area (TPSA) is 21.3 Å². The normalized spacial score (nSPS) is 20.8. The Bertz CT molecular complexity index is 330. The molecule has 0 spiro atoms. The van der Waals surface area contributed by atoms with Gasteiger partial charge < -0.3 is 10.1 Å². The molecule has 0 saturated heterocycles. The Morgan fingerprint density at radius 2 is 2.17 bits per heavy atom. The molecule has 1 saturated carbocycles. The first-order valence-electron chi connectivity index (χ1n) is 7.11. The summed E-state index contributed by atoms with van der Waals surface area (Å²) in [5, 5.41) is 5.83. The van der Waals surface area contributed by atoms with Crippen LogP contribution in [0.15, 0.2) is 17.5 Å². The van der Waals surface area contributed by atoms with Gasteiger partial charge in [-0.15, -0.1) is 11.3 Å². The zero-order valence-electron chi connectivity index (χ0n) is 11.6. The number of hydrogen-bond donors (Lipinski definition) is 1. The summed E-state index contributed by atoms with van der Waals surface area (Å²) < 4.78 is 5.98. The Hall–Kier alpha value is -0.380. The summed E-state index contributed by atoms with van der Waals surface area (Å²) in [4.78, 5) is 1.46. The molecule has 1 atom stereocenters. The molecule has 1 aromatic rings. The Labute approximate surface area is 115 Å². The Morgan fingerprint density at radius 1 is 1.39 bits per heavy atom. The van der Waals surface area contributed by atoms with Crippen molar-refractivity contribution in [3.63, 3.8) is 0 Å². The minimum atomic E-state index is 0.0538. The van der Waals surface area contributed by atoms with Crippen LogP contribution in [0.4, 0.5) is 0 Å². The van der Waals surface area contributed by atoms with Crippen molar-refractivity contribution in [2.24, 2.45) is 0 Å². The molecule has 1 heterocycles. The van der Waals surface area contributed by atoms with Crippen LogP contribution in [-0.2, 0) is 11.2 Å². The predicted octanol–water partition coefficient (Wildman–Crippen LogP) is 3.62. The average molecular weight is 267 g/mol. The number of thiophene rings is 1. The third-order valence-corrected chi connectivity index (χ3v) is 5.08. The second kappa shape index (κ2) is 6.69. The fourth-order valence-corrected chi connectivity index (χ4v) is 3.92. The molecule has 3 heteroatoms. The zero-order chi connectivity index (χ0) is 12.8. The summed E-state index contributed by atoms with van der Waals surface area (Å²) in [6.07, 6.45) is 7.47. The van der Waals surface area contributed by atoms with Crippen LogP contribution < -0.4 is 5.32 Å². The van der Waals surface area contributed by atoms with Crippen molar-refractivity contribution in [2.75, 3.05) is 13.7 Å². The van der Waals surface area contributed by atoms with Gasteiger partial charge in [0.1, 0.15) is 0 Å². The maximum Gasteiger partial charge on any atom is 0.0834 e. The summed E-state index contributed by atoms with van der Waals surface area (Å²) >= 11 is 1.85. The second-order valence-electron chi connectivity index (χ2n) is 5.22. The van der Waals surface area contributed by atoms with Gasteiger partial charge in [0.25, 0.3) is 0 Å². The summed E-state index contributed by atoms with van der Waals surface area (Å²) in [5.41, 5.74) is 0.0538. The van der Waals surface area contributed by atoms with E-state index in [4.69, 9.17) is 4.74 Å². The van der Waals surface area contributed by atoms with E-state index in [0.717, 1.165) is 13.0 Å². The molecule has 1 aromatic heterocycles. The van der Waals surface area contributed by atoms with Gasteiger partial charge in [-0.05, 0) is 37.3 Å². The summed E-state index contributed by atoms with van der Waals surface area (Å²) in [6, 6.07) is 4.83. The van der Waals surface area contributed by atoms with Crippen LogP contribution in [0.3, 0.4) is 0 Å². The zero-order valence-corrected chi connectivity index (χ0v) is 12.4. The monoisotopic (exact) mass is 267 g/mol. The van der Waals surface area contributed by atoms with Gasteiger partial charge in [-0.25, -0.2) is 0 Å². The lowest BCUT2D eigenvalue weighted by atomic mass is 9.77. The summed E-state index contributed by atoms with van der Waals surface area (Å²) in [7, 11) is 1.89. The first-order valence-corrected chi connectivity index (χ1v) is 7.99. The molecule has 2 rings (SSSR count). The largest absolute Gasteiger partial charge is 0.377 e. The molecular weight excluding hydrogens is 242 g/mol. The predicted molar refractivity (Wildman–Crippen MR) is 78.3 cm³/mol. The van der Waals surface area contributed by atoms with E-state index >= 15 is 0 Å². The molecule has 2 nitrogen and oxygen atoms in total. The molecule has 0 radical (unpaired) electrons. The van der Waals surface area contributed by atoms with Crippen molar-refractivity contribution in [1.29, 1.82) is 0 Å². The van der Waals surface area contributed by atoms with Crippen molar-refractivity contribution >= 4 is 11.3 Å². The van der Waals surface area contributed by atoms with Gasteiger partial charge in [0.2, 0.25) is 0 Å². The molecule has 1 unspecified atom stereocenters. The maximum absolute atomic E-state index is 5.98. The van der Waals surface area contributed by atoms with Crippen LogP contribution in [0.2, 0.25) is 0 Å². The number of ether oxygens (including phenoxy) is 1. The van der Waals surface area contributed by atoms with Crippen molar-refractivity contribution in [3.05, 3.63) is 22.4 Å². The molecule has 0 amide bonds. The van der Waals surface area contributed by atoms with Gasteiger partial charge in [0.15, 0.2) is 0 Å². The number of likely N-dealkylation sites (N-methyl/N-ethyl adjacent to an activating group) is 1. The van der Waals surface area contributed by atoms with Crippen LogP contribution >= 0.6 is 11.3 Å². The highest BCUT2D eigenvalue weighted by Gasteiger charge is 2.39. The lowest BCUT2D eigenvalue weighted by molar-refractivity contribution is -0.0668. The van der Waals surface area contributed by atoms with E-state index in [9.17, 15) is 0 Å². The van der Waals surface area contributed by atoms with Crippen molar-refractivity contribution < 1.29 is 4.74 Å². The molecular formula is C15H25NOS. The molecule has 1 N–H and O–H groups in total. The minimum absolute atomic E-state index is 0.0538. The number of nitrogens with one attached hydrogen (secondary N) is 1. The van der Waals surface area contributed by atoms with E-state index in [-0.39, 0.29) is 5.60 Å². The quantitative estimate of drug-likeness (QED) is 0.850. The Kier molecular flexibility index (Phi) is 5.22. The summed E-state index contributed by atoms with van der Waals surface area (Å²) in [6.45, 7) is 3.20. The van der Waals surface area contributed by atoms with Crippen molar-refractivity contribution in [1.82, 2.24) is 5.32 Å². The van der Waals surface area contributed by atoms with E-state index in [2.05, 4.69) is 29.8 Å². The molecule has 0 aliphatic heterocycles. The highest BCUT2D eigenvalue weighted by atomic mass is 32.1. The Morgan fingerprint density at radius 3 is 2.72 bits per heavy atom. The molecule has 0 bridgehead atoms. The molecule has 102 valence electrons. The molecule has 18 heavy (non-hydrogen) atoms. The maximum atomic E-state index is 5.98. The van der Waals surface area contributed by atoms with E-state index < -0.39 is 0 Å². The SMILES string of the molecule is CCNC(Cc1cccs1)C1(OC)CCCCC1. The molecule has 1 aliphatic carbocycles. The Balaban J connectivity index is 2.10. The van der Waals surface area contributed by atoms with Gasteiger partial charge >= 0.3 is 0 Å². The third-order valence-electron chi connectivity index (χ3n) is 4.18. The highest BCUT2D eigenvalue weighted by molar-refractivity contribution is 7.09. The second-order valence-corrected chi connectivity index (χ2v) is 6.26. The van der Waals surface area contributed by atoms with E-state index in [0.29, 0.717) is 6.04 Å². The van der Waals surface area contributed by atoms with Crippen LogP contribution in [0, 0.1) is 0 Å². The minimum Gasteiger partial charge on any atom is -0.377 e. The first kappa shape index (κ1) is 14.0. The van der Waals surface area contributed by atoms with Gasteiger partial charge in [-0.2, -0.15) is 0 Å². The van der Waals surface area contributed by atoms with Crippen molar-refractivity contribution in [2.45, 2.75) is 57.1 Å². The highest BCUT2D eigenvalue weighted by Crippen LogP contribution is 2.35. The van der Waals surface area contributed by atoms with E-state index in [1.165, 1.54) is 37.0 Å². The first-order chi connectivity index (χ1) is 8.80. The number of methoxy groups -OCH3 is 1. The fraction of sp³-hybridized carbons (Fsp3) is 0.733. The van der Waals surface area contributed by atoms with Crippen LogP contribution in [0.5, 0.6) is 0 Å². The summed E-state index contributed by atoms with van der Waals surface area (Å²) in [5.74, 6) is 0. The van der Waals surface area contributed by atoms with E-state index in [1.54, 1.807) is 0 Å². The lowest BCUT2D eigenvalue weighted by Crippen LogP contribution is -2.54. The van der Waals surface area contributed by atoms with Crippen molar-refractivity contribution in [3.8, 4) is 0 Å². The van der Waals surface area contributed by atoms with E-state index in [1.807, 2.05) is 18.4 Å². The van der Waals surface area contributed by atoms with Crippen LogP contribution in [0.1, 0.15) is 43.9 Å². The van der Waals surface area contributed by atoms with Gasteiger partial charge in [-0.3, -0.25) is 0 Å². The number of hydrogen-bond acceptors (Lipinski definition) is 3. The number of rotatable bonds is 6. The smallest absolute Gasteiger partial charge is 0.0834 e. The fourth-order valence-electron chi connectivity index (χ4n) is 3.17. The van der Waals surface area contributed by atoms with Gasteiger partial charge in [0, 0.05) is 18.0 Å². The van der Waals surface area contributed by atoms with Crippen LogP contribution in [0.25, 0.3) is 0 Å². The molecule has 1 fully saturated rings.